The summed E-state index contributed by atoms with van der Waals surface area (Å²) in [6, 6.07) is 5.48. The molecule has 82 valence electrons. The van der Waals surface area contributed by atoms with Crippen LogP contribution in [0.4, 0.5) is 10.1 Å². The maximum absolute atomic E-state index is 13.0. The summed E-state index contributed by atoms with van der Waals surface area (Å²) >= 11 is 0. The number of nitrogens with one attached hydrogen (secondary N) is 1. The van der Waals surface area contributed by atoms with Crippen molar-refractivity contribution in [2.75, 3.05) is 18.5 Å². The Balaban J connectivity index is 2.00. The number of ether oxygens (including phenoxy) is 1. The Kier molecular flexibility index (Phi) is 3.21. The highest BCUT2D eigenvalue weighted by atomic mass is 19.1. The van der Waals surface area contributed by atoms with Crippen molar-refractivity contribution < 1.29 is 9.13 Å². The molecule has 2 nitrogen and oxygen atoms in total. The van der Waals surface area contributed by atoms with Crippen LogP contribution in [0.25, 0.3) is 0 Å². The van der Waals surface area contributed by atoms with Crippen molar-refractivity contribution in [1.82, 2.24) is 0 Å². The first-order valence-electron chi connectivity index (χ1n) is 5.36. The first-order valence-corrected chi connectivity index (χ1v) is 5.36. The van der Waals surface area contributed by atoms with Crippen molar-refractivity contribution in [3.8, 4) is 0 Å². The van der Waals surface area contributed by atoms with E-state index < -0.39 is 0 Å². The monoisotopic (exact) mass is 209 g/mol. The molecule has 1 N–H and O–H groups in total. The molecule has 1 unspecified atom stereocenters. The van der Waals surface area contributed by atoms with Gasteiger partial charge in [0.05, 0.1) is 6.61 Å². The van der Waals surface area contributed by atoms with Crippen LogP contribution in [0.1, 0.15) is 18.4 Å². The molecule has 2 rings (SSSR count). The molecule has 0 aliphatic carbocycles. The Morgan fingerprint density at radius 2 is 2.33 bits per heavy atom. The SMILES string of the molecule is Cc1cc(NC2CCCOC2)ccc1F. The van der Waals surface area contributed by atoms with E-state index >= 15 is 0 Å². The summed E-state index contributed by atoms with van der Waals surface area (Å²) in [6.45, 7) is 3.38. The fraction of sp³-hybridized carbons (Fsp3) is 0.500. The summed E-state index contributed by atoms with van der Waals surface area (Å²) in [7, 11) is 0. The summed E-state index contributed by atoms with van der Waals surface area (Å²) in [5.74, 6) is -0.152. The van der Waals surface area contributed by atoms with Gasteiger partial charge in [-0.3, -0.25) is 0 Å². The standard InChI is InChI=1S/C12H16FNO/c1-9-7-10(4-5-12(9)13)14-11-3-2-6-15-8-11/h4-5,7,11,14H,2-3,6,8H2,1H3. The molecule has 1 aromatic carbocycles. The maximum atomic E-state index is 13.0. The largest absolute Gasteiger partial charge is 0.380 e. The molecular weight excluding hydrogens is 193 g/mol. The fourth-order valence-electron chi connectivity index (χ4n) is 1.82. The number of halogens is 1. The number of hydrogen-bond donors (Lipinski definition) is 1. The molecular formula is C12H16FNO. The molecule has 0 saturated carbocycles. The Morgan fingerprint density at radius 1 is 1.47 bits per heavy atom. The van der Waals surface area contributed by atoms with Crippen LogP contribution in [0, 0.1) is 12.7 Å². The third-order valence-electron chi connectivity index (χ3n) is 2.69. The number of rotatable bonds is 2. The molecule has 1 aliphatic rings. The van der Waals surface area contributed by atoms with Crippen LogP contribution in [0.15, 0.2) is 18.2 Å². The zero-order valence-electron chi connectivity index (χ0n) is 8.92. The van der Waals surface area contributed by atoms with Gasteiger partial charge < -0.3 is 10.1 Å². The van der Waals surface area contributed by atoms with E-state index in [0.717, 1.165) is 31.7 Å². The second kappa shape index (κ2) is 4.62. The first kappa shape index (κ1) is 10.4. The zero-order valence-corrected chi connectivity index (χ0v) is 8.92. The second-order valence-electron chi connectivity index (χ2n) is 4.02. The molecule has 1 saturated heterocycles. The van der Waals surface area contributed by atoms with E-state index in [2.05, 4.69) is 5.32 Å². The predicted octanol–water partition coefficient (Wildman–Crippen LogP) is 2.73. The lowest BCUT2D eigenvalue weighted by molar-refractivity contribution is 0.0876. The lowest BCUT2D eigenvalue weighted by Crippen LogP contribution is -2.29. The van der Waals surface area contributed by atoms with Gasteiger partial charge in [0, 0.05) is 18.3 Å². The highest BCUT2D eigenvalue weighted by Crippen LogP contribution is 2.17. The van der Waals surface area contributed by atoms with E-state index in [-0.39, 0.29) is 5.82 Å². The Hall–Kier alpha value is -1.09. The zero-order chi connectivity index (χ0) is 10.7. The first-order chi connectivity index (χ1) is 7.25. The molecule has 1 heterocycles. The normalized spacial score (nSPS) is 21.3. The number of anilines is 1. The molecule has 0 spiro atoms. The quantitative estimate of drug-likeness (QED) is 0.808. The molecule has 1 atom stereocenters. The van der Waals surface area contributed by atoms with E-state index in [4.69, 9.17) is 4.74 Å². The molecule has 3 heteroatoms. The topological polar surface area (TPSA) is 21.3 Å². The van der Waals surface area contributed by atoms with Crippen molar-refractivity contribution in [1.29, 1.82) is 0 Å². The van der Waals surface area contributed by atoms with Crippen LogP contribution in [-0.4, -0.2) is 19.3 Å². The van der Waals surface area contributed by atoms with Crippen LogP contribution < -0.4 is 5.32 Å². The molecule has 1 fully saturated rings. The van der Waals surface area contributed by atoms with Crippen molar-refractivity contribution >= 4 is 5.69 Å². The van der Waals surface area contributed by atoms with Gasteiger partial charge in [0.25, 0.3) is 0 Å². The van der Waals surface area contributed by atoms with Crippen molar-refractivity contribution in [3.05, 3.63) is 29.6 Å². The molecule has 0 bridgehead atoms. The average Bonchev–Trinajstić information content (AvgIpc) is 2.25. The van der Waals surface area contributed by atoms with E-state index in [1.165, 1.54) is 6.07 Å². The van der Waals surface area contributed by atoms with E-state index in [9.17, 15) is 4.39 Å². The van der Waals surface area contributed by atoms with Gasteiger partial charge in [0.15, 0.2) is 0 Å². The fourth-order valence-corrected chi connectivity index (χ4v) is 1.82. The predicted molar refractivity (Wildman–Crippen MR) is 58.6 cm³/mol. The summed E-state index contributed by atoms with van der Waals surface area (Å²) in [5, 5.41) is 3.36. The second-order valence-corrected chi connectivity index (χ2v) is 4.02. The summed E-state index contributed by atoms with van der Waals surface area (Å²) in [6.07, 6.45) is 2.22. The van der Waals surface area contributed by atoms with Crippen LogP contribution in [-0.2, 0) is 4.74 Å². The van der Waals surface area contributed by atoms with E-state index in [1.54, 1.807) is 13.0 Å². The minimum atomic E-state index is -0.152. The van der Waals surface area contributed by atoms with E-state index in [0.29, 0.717) is 11.6 Å². The minimum absolute atomic E-state index is 0.152. The van der Waals surface area contributed by atoms with E-state index in [1.807, 2.05) is 6.07 Å². The third-order valence-corrected chi connectivity index (χ3v) is 2.69. The Morgan fingerprint density at radius 3 is 3.00 bits per heavy atom. The van der Waals surface area contributed by atoms with Gasteiger partial charge in [-0.25, -0.2) is 4.39 Å². The molecule has 0 radical (unpaired) electrons. The Labute approximate surface area is 89.4 Å². The van der Waals surface area contributed by atoms with Gasteiger partial charge in [-0.05, 0) is 43.5 Å². The number of hydrogen-bond acceptors (Lipinski definition) is 2. The van der Waals surface area contributed by atoms with Crippen molar-refractivity contribution in [2.24, 2.45) is 0 Å². The highest BCUT2D eigenvalue weighted by Gasteiger charge is 2.13. The maximum Gasteiger partial charge on any atom is 0.126 e. The lowest BCUT2D eigenvalue weighted by Gasteiger charge is -2.24. The van der Waals surface area contributed by atoms with Gasteiger partial charge in [-0.15, -0.1) is 0 Å². The van der Waals surface area contributed by atoms with Crippen molar-refractivity contribution in [2.45, 2.75) is 25.8 Å². The summed E-state index contributed by atoms with van der Waals surface area (Å²) in [5.41, 5.74) is 1.65. The average molecular weight is 209 g/mol. The Bertz CT molecular complexity index is 334. The molecule has 1 aliphatic heterocycles. The van der Waals surface area contributed by atoms with Crippen LogP contribution >= 0.6 is 0 Å². The van der Waals surface area contributed by atoms with Crippen LogP contribution in [0.5, 0.6) is 0 Å². The molecule has 1 aromatic rings. The molecule has 0 aromatic heterocycles. The van der Waals surface area contributed by atoms with Gasteiger partial charge >= 0.3 is 0 Å². The summed E-state index contributed by atoms with van der Waals surface area (Å²) in [4.78, 5) is 0. The lowest BCUT2D eigenvalue weighted by atomic mass is 10.1. The minimum Gasteiger partial charge on any atom is -0.380 e. The smallest absolute Gasteiger partial charge is 0.126 e. The molecule has 15 heavy (non-hydrogen) atoms. The number of benzene rings is 1. The van der Waals surface area contributed by atoms with Gasteiger partial charge in [0.2, 0.25) is 0 Å². The highest BCUT2D eigenvalue weighted by molar-refractivity contribution is 5.46. The number of aryl methyl sites for hydroxylation is 1. The van der Waals surface area contributed by atoms with Crippen LogP contribution in [0.3, 0.4) is 0 Å². The molecule has 0 amide bonds. The van der Waals surface area contributed by atoms with Crippen molar-refractivity contribution in [3.63, 3.8) is 0 Å². The van der Waals surface area contributed by atoms with Gasteiger partial charge in [-0.1, -0.05) is 0 Å². The van der Waals surface area contributed by atoms with Crippen LogP contribution in [0.2, 0.25) is 0 Å². The van der Waals surface area contributed by atoms with Gasteiger partial charge in [0.1, 0.15) is 5.82 Å². The summed E-state index contributed by atoms with van der Waals surface area (Å²) < 4.78 is 18.4. The third kappa shape index (κ3) is 2.69. The van der Waals surface area contributed by atoms with Gasteiger partial charge in [-0.2, -0.15) is 0 Å².